The molecule has 26 heavy (non-hydrogen) atoms. The minimum absolute atomic E-state index is 0.0143. The van der Waals surface area contributed by atoms with Crippen molar-refractivity contribution in [2.75, 3.05) is 13.1 Å². The maximum Gasteiger partial charge on any atom is 0.223 e. The van der Waals surface area contributed by atoms with Crippen LogP contribution in [0, 0.1) is 5.92 Å². The molecule has 0 radical (unpaired) electrons. The van der Waals surface area contributed by atoms with Crippen LogP contribution >= 0.6 is 0 Å². The summed E-state index contributed by atoms with van der Waals surface area (Å²) in [4.78, 5) is 19.6. The number of hydrogen-bond donors (Lipinski definition) is 0. The van der Waals surface area contributed by atoms with Crippen LogP contribution in [0.3, 0.4) is 0 Å². The second-order valence-corrected chi connectivity index (χ2v) is 7.34. The van der Waals surface area contributed by atoms with E-state index in [9.17, 15) is 4.79 Å². The Morgan fingerprint density at radius 1 is 1.12 bits per heavy atom. The van der Waals surface area contributed by atoms with Crippen LogP contribution in [0.2, 0.25) is 0 Å². The van der Waals surface area contributed by atoms with Crippen LogP contribution in [-0.2, 0) is 4.79 Å². The van der Waals surface area contributed by atoms with Gasteiger partial charge in [-0.2, -0.15) is 0 Å². The van der Waals surface area contributed by atoms with Crippen LogP contribution < -0.4 is 0 Å². The van der Waals surface area contributed by atoms with Crippen molar-refractivity contribution >= 4 is 11.6 Å². The molecule has 2 aromatic heterocycles. The molecule has 1 saturated heterocycles. The number of likely N-dealkylation sites (tertiary alicyclic amines) is 1. The van der Waals surface area contributed by atoms with Crippen molar-refractivity contribution in [2.24, 2.45) is 5.92 Å². The van der Waals surface area contributed by atoms with Crippen molar-refractivity contribution in [1.29, 1.82) is 0 Å². The minimum Gasteiger partial charge on any atom is -0.343 e. The van der Waals surface area contributed by atoms with Gasteiger partial charge in [-0.3, -0.25) is 4.79 Å². The van der Waals surface area contributed by atoms with Crippen LogP contribution in [-0.4, -0.2) is 33.3 Å². The molecule has 4 heteroatoms. The molecule has 1 aliphatic heterocycles. The average Bonchev–Trinajstić information content (AvgIpc) is 3.11. The van der Waals surface area contributed by atoms with Crippen LogP contribution in [0.25, 0.3) is 5.65 Å². The second kappa shape index (κ2) is 7.32. The molecule has 1 atom stereocenters. The average molecular weight is 347 g/mol. The Bertz CT molecular complexity index is 879. The van der Waals surface area contributed by atoms with Crippen molar-refractivity contribution in [3.63, 3.8) is 0 Å². The molecule has 4 rings (SSSR count). The highest BCUT2D eigenvalue weighted by molar-refractivity contribution is 5.78. The van der Waals surface area contributed by atoms with E-state index in [1.807, 2.05) is 53.7 Å². The highest BCUT2D eigenvalue weighted by Crippen LogP contribution is 2.30. The van der Waals surface area contributed by atoms with Crippen molar-refractivity contribution in [2.45, 2.75) is 32.1 Å². The highest BCUT2D eigenvalue weighted by Gasteiger charge is 2.26. The Balaban J connectivity index is 1.65. The number of benzene rings is 1. The Hall–Kier alpha value is -2.62. The number of pyridine rings is 1. The Morgan fingerprint density at radius 3 is 2.62 bits per heavy atom. The number of amides is 1. The lowest BCUT2D eigenvalue weighted by molar-refractivity contribution is -0.132. The van der Waals surface area contributed by atoms with Crippen LogP contribution in [0.15, 0.2) is 60.9 Å². The van der Waals surface area contributed by atoms with Gasteiger partial charge in [0.05, 0.1) is 5.69 Å². The summed E-state index contributed by atoms with van der Waals surface area (Å²) in [5.41, 5.74) is 3.16. The van der Waals surface area contributed by atoms with E-state index in [1.54, 1.807) is 0 Å². The van der Waals surface area contributed by atoms with Gasteiger partial charge in [-0.15, -0.1) is 0 Å². The van der Waals surface area contributed by atoms with Crippen LogP contribution in [0.1, 0.15) is 43.4 Å². The first kappa shape index (κ1) is 16.8. The zero-order valence-electron chi connectivity index (χ0n) is 15.2. The summed E-state index contributed by atoms with van der Waals surface area (Å²) in [6.45, 7) is 4.04. The molecule has 1 amide bonds. The van der Waals surface area contributed by atoms with Crippen LogP contribution in [0.4, 0.5) is 0 Å². The fourth-order valence-electron chi connectivity index (χ4n) is 3.85. The van der Waals surface area contributed by atoms with Crippen molar-refractivity contribution < 1.29 is 4.79 Å². The number of carbonyl (C=O) groups is 1. The molecule has 134 valence electrons. The van der Waals surface area contributed by atoms with E-state index in [1.165, 1.54) is 0 Å². The molecule has 1 aliphatic rings. The zero-order valence-corrected chi connectivity index (χ0v) is 15.2. The fourth-order valence-corrected chi connectivity index (χ4v) is 3.85. The second-order valence-electron chi connectivity index (χ2n) is 7.34. The monoisotopic (exact) mass is 347 g/mol. The number of nitrogens with zero attached hydrogens (tertiary/aromatic N) is 3. The van der Waals surface area contributed by atoms with E-state index >= 15 is 0 Å². The molecule has 0 bridgehead atoms. The molecule has 3 heterocycles. The van der Waals surface area contributed by atoms with Gasteiger partial charge in [-0.05, 0) is 36.5 Å². The molecular formula is C22H25N3O. The zero-order chi connectivity index (χ0) is 17.9. The molecule has 4 nitrogen and oxygen atoms in total. The largest absolute Gasteiger partial charge is 0.343 e. The summed E-state index contributed by atoms with van der Waals surface area (Å²) in [5, 5.41) is 0. The smallest absolute Gasteiger partial charge is 0.223 e. The van der Waals surface area contributed by atoms with E-state index in [4.69, 9.17) is 0 Å². The lowest BCUT2D eigenvalue weighted by Gasteiger charge is -2.31. The van der Waals surface area contributed by atoms with E-state index in [0.717, 1.165) is 48.8 Å². The summed E-state index contributed by atoms with van der Waals surface area (Å²) < 4.78 is 2.10. The quantitative estimate of drug-likeness (QED) is 0.712. The van der Waals surface area contributed by atoms with Crippen molar-refractivity contribution in [3.05, 3.63) is 72.2 Å². The highest BCUT2D eigenvalue weighted by atomic mass is 16.2. The first-order valence-electron chi connectivity index (χ1n) is 9.47. The summed E-state index contributed by atoms with van der Waals surface area (Å²) in [6, 6.07) is 16.3. The SMILES string of the molecule is CC1CCN(C(=O)CC(c2ccccc2)c2cnc3ccccn23)CC1. The van der Waals surface area contributed by atoms with E-state index in [-0.39, 0.29) is 11.8 Å². The van der Waals surface area contributed by atoms with Gasteiger partial charge in [0.1, 0.15) is 5.65 Å². The molecule has 0 N–H and O–H groups in total. The van der Waals surface area contributed by atoms with Crippen molar-refractivity contribution in [3.8, 4) is 0 Å². The number of fused-ring (bicyclic) bond motifs is 1. The predicted molar refractivity (Wildman–Crippen MR) is 103 cm³/mol. The number of carbonyl (C=O) groups excluding carboxylic acids is 1. The predicted octanol–water partition coefficient (Wildman–Crippen LogP) is 4.11. The Morgan fingerprint density at radius 2 is 1.85 bits per heavy atom. The lowest BCUT2D eigenvalue weighted by atomic mass is 9.91. The van der Waals surface area contributed by atoms with Gasteiger partial charge >= 0.3 is 0 Å². The topological polar surface area (TPSA) is 37.6 Å². The third-order valence-corrected chi connectivity index (χ3v) is 5.52. The van der Waals surface area contributed by atoms with Gasteiger partial charge in [0.15, 0.2) is 0 Å². The number of rotatable bonds is 4. The summed E-state index contributed by atoms with van der Waals surface area (Å²) in [5.74, 6) is 0.986. The van der Waals surface area contributed by atoms with E-state index in [2.05, 4.69) is 28.4 Å². The fraction of sp³-hybridized carbons (Fsp3) is 0.364. The van der Waals surface area contributed by atoms with Gasteiger partial charge in [-0.25, -0.2) is 4.98 Å². The van der Waals surface area contributed by atoms with E-state index < -0.39 is 0 Å². The lowest BCUT2D eigenvalue weighted by Crippen LogP contribution is -2.38. The summed E-state index contributed by atoms with van der Waals surface area (Å²) in [6.07, 6.45) is 6.65. The molecular weight excluding hydrogens is 322 g/mol. The maximum absolute atomic E-state index is 13.0. The van der Waals surface area contributed by atoms with Crippen molar-refractivity contribution in [1.82, 2.24) is 14.3 Å². The number of hydrogen-bond acceptors (Lipinski definition) is 2. The van der Waals surface area contributed by atoms with Gasteiger partial charge < -0.3 is 9.30 Å². The molecule has 0 saturated carbocycles. The molecule has 0 aliphatic carbocycles. The normalized spacial score (nSPS) is 16.7. The Labute approximate surface area is 154 Å². The number of imidazole rings is 1. The van der Waals surface area contributed by atoms with Gasteiger partial charge in [0.2, 0.25) is 5.91 Å². The van der Waals surface area contributed by atoms with Gasteiger partial charge in [-0.1, -0.05) is 43.3 Å². The molecule has 1 aromatic carbocycles. The first-order valence-corrected chi connectivity index (χ1v) is 9.47. The van der Waals surface area contributed by atoms with Gasteiger partial charge in [0.25, 0.3) is 0 Å². The molecule has 3 aromatic rings. The summed E-state index contributed by atoms with van der Waals surface area (Å²) in [7, 11) is 0. The number of aromatic nitrogens is 2. The maximum atomic E-state index is 13.0. The minimum atomic E-state index is 0.0143. The standard InChI is InChI=1S/C22H25N3O/c1-17-10-13-24(14-11-17)22(26)15-19(18-7-3-2-4-8-18)20-16-23-21-9-5-6-12-25(20)21/h2-9,12,16-17,19H,10-11,13-15H2,1H3. The van der Waals surface area contributed by atoms with E-state index in [0.29, 0.717) is 6.42 Å². The number of piperidine rings is 1. The molecule has 1 fully saturated rings. The van der Waals surface area contributed by atoms with Gasteiger partial charge in [0, 0.05) is 37.8 Å². The third kappa shape index (κ3) is 3.36. The summed E-state index contributed by atoms with van der Waals surface area (Å²) >= 11 is 0. The Kier molecular flexibility index (Phi) is 4.74. The molecule has 1 unspecified atom stereocenters. The van der Waals surface area contributed by atoms with Crippen LogP contribution in [0.5, 0.6) is 0 Å². The third-order valence-electron chi connectivity index (χ3n) is 5.52. The molecule has 0 spiro atoms. The first-order chi connectivity index (χ1) is 12.7.